The van der Waals surface area contributed by atoms with E-state index in [4.69, 9.17) is 9.47 Å². The van der Waals surface area contributed by atoms with Gasteiger partial charge in [-0.2, -0.15) is 0 Å². The topological polar surface area (TPSA) is 64.6 Å². The predicted octanol–water partition coefficient (Wildman–Crippen LogP) is 0.525. The standard InChI is InChI=1S/C11H21NO4/c1-2-11(14)4-3-6-15-8-9-16-7-5-12-10-13/h10H,2-9H2,1H3,(H,12,13). The molecule has 0 radical (unpaired) electrons. The van der Waals surface area contributed by atoms with E-state index in [1.807, 2.05) is 6.92 Å². The number of nitrogens with one attached hydrogen (secondary N) is 1. The quantitative estimate of drug-likeness (QED) is 0.393. The van der Waals surface area contributed by atoms with Gasteiger partial charge in [0.25, 0.3) is 0 Å². The first kappa shape index (κ1) is 15.1. The van der Waals surface area contributed by atoms with Gasteiger partial charge in [0.1, 0.15) is 5.78 Å². The van der Waals surface area contributed by atoms with Crippen molar-refractivity contribution in [2.45, 2.75) is 26.2 Å². The molecule has 0 aromatic heterocycles. The van der Waals surface area contributed by atoms with Gasteiger partial charge in [-0.05, 0) is 6.42 Å². The molecule has 0 aromatic rings. The van der Waals surface area contributed by atoms with Crippen LogP contribution in [0.4, 0.5) is 0 Å². The van der Waals surface area contributed by atoms with E-state index in [-0.39, 0.29) is 5.78 Å². The molecule has 0 aliphatic rings. The summed E-state index contributed by atoms with van der Waals surface area (Å²) in [5, 5.41) is 2.49. The van der Waals surface area contributed by atoms with Crippen LogP contribution in [0, 0.1) is 0 Å². The molecule has 0 fully saturated rings. The minimum Gasteiger partial charge on any atom is -0.379 e. The summed E-state index contributed by atoms with van der Waals surface area (Å²) >= 11 is 0. The fraction of sp³-hybridized carbons (Fsp3) is 0.818. The van der Waals surface area contributed by atoms with Crippen LogP contribution < -0.4 is 5.32 Å². The van der Waals surface area contributed by atoms with E-state index in [1.54, 1.807) is 0 Å². The summed E-state index contributed by atoms with van der Waals surface area (Å²) in [6.45, 7) is 4.53. The lowest BCUT2D eigenvalue weighted by Gasteiger charge is -2.05. The second-order valence-electron chi connectivity index (χ2n) is 3.29. The Bertz CT molecular complexity index is 185. The molecule has 0 heterocycles. The van der Waals surface area contributed by atoms with E-state index in [9.17, 15) is 9.59 Å². The highest BCUT2D eigenvalue weighted by atomic mass is 16.5. The fourth-order valence-electron chi connectivity index (χ4n) is 1.06. The van der Waals surface area contributed by atoms with Crippen molar-refractivity contribution < 1.29 is 19.1 Å². The summed E-state index contributed by atoms with van der Waals surface area (Å²) in [7, 11) is 0. The van der Waals surface area contributed by atoms with Crippen LogP contribution in [-0.2, 0) is 19.1 Å². The van der Waals surface area contributed by atoms with E-state index in [1.165, 1.54) is 0 Å². The molecule has 5 heteroatoms. The Kier molecular flexibility index (Phi) is 11.4. The van der Waals surface area contributed by atoms with Crippen molar-refractivity contribution in [1.29, 1.82) is 0 Å². The first-order valence-corrected chi connectivity index (χ1v) is 5.65. The van der Waals surface area contributed by atoms with E-state index < -0.39 is 0 Å². The van der Waals surface area contributed by atoms with Gasteiger partial charge in [0.05, 0.1) is 19.8 Å². The molecule has 0 rings (SSSR count). The van der Waals surface area contributed by atoms with Crippen LogP contribution in [-0.4, -0.2) is 45.2 Å². The maximum atomic E-state index is 10.9. The molecule has 0 atom stereocenters. The van der Waals surface area contributed by atoms with Crippen LogP contribution in [0.15, 0.2) is 0 Å². The minimum absolute atomic E-state index is 0.278. The second kappa shape index (κ2) is 12.1. The number of hydrogen-bond acceptors (Lipinski definition) is 4. The Morgan fingerprint density at radius 3 is 2.50 bits per heavy atom. The first-order chi connectivity index (χ1) is 7.81. The molecule has 1 amide bonds. The Labute approximate surface area is 96.5 Å². The van der Waals surface area contributed by atoms with Gasteiger partial charge in [-0.3, -0.25) is 9.59 Å². The van der Waals surface area contributed by atoms with Crippen LogP contribution in [0.5, 0.6) is 0 Å². The SMILES string of the molecule is CCC(=O)CCCOCCOCCNC=O. The Morgan fingerprint density at radius 2 is 1.88 bits per heavy atom. The van der Waals surface area contributed by atoms with Gasteiger partial charge in [0.15, 0.2) is 0 Å². The number of hydrogen-bond donors (Lipinski definition) is 1. The molecular weight excluding hydrogens is 210 g/mol. The molecule has 0 spiro atoms. The van der Waals surface area contributed by atoms with Crippen molar-refractivity contribution in [2.75, 3.05) is 33.0 Å². The number of ether oxygens (including phenoxy) is 2. The zero-order valence-electron chi connectivity index (χ0n) is 9.87. The third-order valence-electron chi connectivity index (χ3n) is 1.98. The van der Waals surface area contributed by atoms with Crippen LogP contribution in [0.25, 0.3) is 0 Å². The van der Waals surface area contributed by atoms with E-state index in [0.717, 1.165) is 6.42 Å². The predicted molar refractivity (Wildman–Crippen MR) is 60.2 cm³/mol. The molecule has 0 aliphatic heterocycles. The Morgan fingerprint density at radius 1 is 1.19 bits per heavy atom. The molecule has 0 saturated carbocycles. The van der Waals surface area contributed by atoms with Gasteiger partial charge in [0, 0.05) is 26.0 Å². The largest absolute Gasteiger partial charge is 0.379 e. The van der Waals surface area contributed by atoms with Gasteiger partial charge in [0.2, 0.25) is 6.41 Å². The van der Waals surface area contributed by atoms with E-state index >= 15 is 0 Å². The van der Waals surface area contributed by atoms with Crippen LogP contribution in [0.1, 0.15) is 26.2 Å². The molecule has 0 aliphatic carbocycles. The highest BCUT2D eigenvalue weighted by Gasteiger charge is 1.97. The maximum Gasteiger partial charge on any atom is 0.207 e. The van der Waals surface area contributed by atoms with Crippen LogP contribution >= 0.6 is 0 Å². The van der Waals surface area contributed by atoms with E-state index in [2.05, 4.69) is 5.32 Å². The van der Waals surface area contributed by atoms with Crippen molar-refractivity contribution in [3.63, 3.8) is 0 Å². The summed E-state index contributed by atoms with van der Waals surface area (Å²) in [6.07, 6.45) is 2.62. The summed E-state index contributed by atoms with van der Waals surface area (Å²) in [6, 6.07) is 0. The lowest BCUT2D eigenvalue weighted by molar-refractivity contribution is -0.119. The Hall–Kier alpha value is -0.940. The summed E-state index contributed by atoms with van der Waals surface area (Å²) < 4.78 is 10.4. The summed E-state index contributed by atoms with van der Waals surface area (Å²) in [5.41, 5.74) is 0. The number of carbonyl (C=O) groups excluding carboxylic acids is 2. The number of amides is 1. The molecule has 94 valence electrons. The monoisotopic (exact) mass is 231 g/mol. The van der Waals surface area contributed by atoms with Crippen molar-refractivity contribution in [1.82, 2.24) is 5.32 Å². The molecule has 0 aromatic carbocycles. The molecular formula is C11H21NO4. The zero-order valence-corrected chi connectivity index (χ0v) is 9.87. The smallest absolute Gasteiger partial charge is 0.207 e. The second-order valence-corrected chi connectivity index (χ2v) is 3.29. The van der Waals surface area contributed by atoms with Gasteiger partial charge >= 0.3 is 0 Å². The normalized spacial score (nSPS) is 10.1. The van der Waals surface area contributed by atoms with Crippen LogP contribution in [0.2, 0.25) is 0 Å². The molecule has 1 N–H and O–H groups in total. The lowest BCUT2D eigenvalue weighted by atomic mass is 10.2. The maximum absolute atomic E-state index is 10.9. The summed E-state index contributed by atoms with van der Waals surface area (Å²) in [5.74, 6) is 0.278. The molecule has 0 saturated heterocycles. The van der Waals surface area contributed by atoms with Gasteiger partial charge in [-0.15, -0.1) is 0 Å². The molecule has 5 nitrogen and oxygen atoms in total. The Balaban J connectivity index is 2.98. The van der Waals surface area contributed by atoms with Crippen LogP contribution in [0.3, 0.4) is 0 Å². The molecule has 0 bridgehead atoms. The highest BCUT2D eigenvalue weighted by Crippen LogP contribution is 1.94. The molecule has 0 unspecified atom stereocenters. The number of rotatable bonds is 12. The van der Waals surface area contributed by atoms with Gasteiger partial charge in [-0.25, -0.2) is 0 Å². The highest BCUT2D eigenvalue weighted by molar-refractivity contribution is 5.77. The summed E-state index contributed by atoms with van der Waals surface area (Å²) in [4.78, 5) is 20.8. The lowest BCUT2D eigenvalue weighted by Crippen LogP contribution is -2.18. The van der Waals surface area contributed by atoms with Gasteiger partial charge in [-0.1, -0.05) is 6.92 Å². The first-order valence-electron chi connectivity index (χ1n) is 5.65. The third kappa shape index (κ3) is 11.1. The number of carbonyl (C=O) groups is 2. The van der Waals surface area contributed by atoms with E-state index in [0.29, 0.717) is 52.2 Å². The zero-order chi connectivity index (χ0) is 12.1. The minimum atomic E-state index is 0.278. The fourth-order valence-corrected chi connectivity index (χ4v) is 1.06. The molecule has 16 heavy (non-hydrogen) atoms. The van der Waals surface area contributed by atoms with Crippen molar-refractivity contribution in [3.05, 3.63) is 0 Å². The average Bonchev–Trinajstić information content (AvgIpc) is 2.31. The number of Topliss-reactive ketones (excluding diaryl/α,β-unsaturated/α-hetero) is 1. The average molecular weight is 231 g/mol. The van der Waals surface area contributed by atoms with Crippen molar-refractivity contribution >= 4 is 12.2 Å². The number of ketones is 1. The van der Waals surface area contributed by atoms with Gasteiger partial charge < -0.3 is 14.8 Å². The van der Waals surface area contributed by atoms with Crippen molar-refractivity contribution in [2.24, 2.45) is 0 Å². The van der Waals surface area contributed by atoms with Crippen molar-refractivity contribution in [3.8, 4) is 0 Å². The third-order valence-corrected chi connectivity index (χ3v) is 1.98.